The minimum atomic E-state index is -1.21. The van der Waals surface area contributed by atoms with E-state index in [-0.39, 0.29) is 36.3 Å². The second-order valence-electron chi connectivity index (χ2n) is 9.33. The van der Waals surface area contributed by atoms with Crippen LogP contribution in [0.25, 0.3) is 0 Å². The summed E-state index contributed by atoms with van der Waals surface area (Å²) in [5.74, 6) is -1.22. The molecular formula is C23H29FN2O3S. The summed E-state index contributed by atoms with van der Waals surface area (Å²) in [7, 11) is 0. The van der Waals surface area contributed by atoms with Crippen LogP contribution in [0, 0.1) is 11.2 Å². The molecule has 30 heavy (non-hydrogen) atoms. The molecule has 3 rings (SSSR count). The molecule has 2 amide bonds. The van der Waals surface area contributed by atoms with Gasteiger partial charge in [0.1, 0.15) is 5.82 Å². The molecule has 2 aromatic rings. The normalized spacial score (nSPS) is 24.5. The van der Waals surface area contributed by atoms with Gasteiger partial charge in [-0.1, -0.05) is 39.0 Å². The van der Waals surface area contributed by atoms with Crippen molar-refractivity contribution in [2.24, 2.45) is 5.41 Å². The largest absolute Gasteiger partial charge is 0.388 e. The van der Waals surface area contributed by atoms with Gasteiger partial charge < -0.3 is 15.3 Å². The minimum absolute atomic E-state index is 0.0135. The van der Waals surface area contributed by atoms with E-state index >= 15 is 0 Å². The molecule has 1 aromatic carbocycles. The van der Waals surface area contributed by atoms with Crippen LogP contribution in [0.15, 0.2) is 41.8 Å². The highest BCUT2D eigenvalue weighted by molar-refractivity contribution is 7.10. The Morgan fingerprint density at radius 3 is 2.57 bits per heavy atom. The second kappa shape index (κ2) is 8.47. The second-order valence-corrected chi connectivity index (χ2v) is 10.3. The van der Waals surface area contributed by atoms with Crippen molar-refractivity contribution in [2.75, 3.05) is 6.54 Å². The smallest absolute Gasteiger partial charge is 0.257 e. The van der Waals surface area contributed by atoms with Gasteiger partial charge in [-0.05, 0) is 42.3 Å². The molecule has 0 aliphatic carbocycles. The van der Waals surface area contributed by atoms with Crippen LogP contribution in [-0.4, -0.2) is 40.0 Å². The highest BCUT2D eigenvalue weighted by Gasteiger charge is 2.48. The Bertz CT molecular complexity index is 905. The Morgan fingerprint density at radius 1 is 1.27 bits per heavy atom. The quantitative estimate of drug-likeness (QED) is 0.763. The molecule has 0 bridgehead atoms. The van der Waals surface area contributed by atoms with E-state index in [1.807, 2.05) is 38.3 Å². The lowest BCUT2D eigenvalue weighted by Gasteiger charge is -2.48. The first-order chi connectivity index (χ1) is 14.0. The van der Waals surface area contributed by atoms with E-state index in [0.717, 1.165) is 4.88 Å². The van der Waals surface area contributed by atoms with E-state index in [1.54, 1.807) is 24.0 Å². The number of thiophene rings is 1. The minimum Gasteiger partial charge on any atom is -0.388 e. The number of aliphatic hydroxyl groups is 1. The number of nitrogens with zero attached hydrogens (tertiary/aromatic N) is 1. The van der Waals surface area contributed by atoms with Gasteiger partial charge in [0.15, 0.2) is 0 Å². The third kappa shape index (κ3) is 4.90. The van der Waals surface area contributed by atoms with E-state index in [9.17, 15) is 19.1 Å². The number of carbonyl (C=O) groups excluding carboxylic acids is 2. The number of carbonyl (C=O) groups is 2. The lowest BCUT2D eigenvalue weighted by molar-refractivity contribution is -0.129. The molecule has 1 aliphatic heterocycles. The molecule has 162 valence electrons. The van der Waals surface area contributed by atoms with Gasteiger partial charge in [0.25, 0.3) is 5.91 Å². The van der Waals surface area contributed by atoms with Gasteiger partial charge in [0.05, 0.1) is 23.2 Å². The molecule has 0 spiro atoms. The summed E-state index contributed by atoms with van der Waals surface area (Å²) in [6.07, 6.45) is 0.563. The zero-order valence-corrected chi connectivity index (χ0v) is 18.6. The first-order valence-corrected chi connectivity index (χ1v) is 11.0. The van der Waals surface area contributed by atoms with E-state index < -0.39 is 29.4 Å². The lowest BCUT2D eigenvalue weighted by atomic mass is 9.81. The molecule has 3 unspecified atom stereocenters. The Labute approximate surface area is 180 Å². The summed E-state index contributed by atoms with van der Waals surface area (Å²) in [6, 6.07) is 8.32. The van der Waals surface area contributed by atoms with Crippen molar-refractivity contribution in [1.29, 1.82) is 0 Å². The molecule has 2 N–H and O–H groups in total. The van der Waals surface area contributed by atoms with Gasteiger partial charge >= 0.3 is 0 Å². The topological polar surface area (TPSA) is 69.6 Å². The van der Waals surface area contributed by atoms with E-state index in [4.69, 9.17) is 0 Å². The fraction of sp³-hybridized carbons (Fsp3) is 0.478. The van der Waals surface area contributed by atoms with Crippen molar-refractivity contribution >= 4 is 23.2 Å². The third-order valence-electron chi connectivity index (χ3n) is 5.39. The number of piperidine rings is 1. The van der Waals surface area contributed by atoms with Crippen LogP contribution in [0.4, 0.5) is 4.39 Å². The first-order valence-electron chi connectivity index (χ1n) is 10.1. The van der Waals surface area contributed by atoms with Gasteiger partial charge in [-0.2, -0.15) is 0 Å². The Hall–Kier alpha value is -2.25. The average Bonchev–Trinajstić information content (AvgIpc) is 3.16. The fourth-order valence-electron chi connectivity index (χ4n) is 3.90. The summed E-state index contributed by atoms with van der Waals surface area (Å²) >= 11 is 1.44. The van der Waals surface area contributed by atoms with E-state index in [2.05, 4.69) is 5.32 Å². The monoisotopic (exact) mass is 432 g/mol. The van der Waals surface area contributed by atoms with Crippen molar-refractivity contribution in [3.63, 3.8) is 0 Å². The first kappa shape index (κ1) is 22.4. The van der Waals surface area contributed by atoms with Gasteiger partial charge in [-0.3, -0.25) is 9.59 Å². The Balaban J connectivity index is 1.99. The van der Waals surface area contributed by atoms with E-state index in [1.165, 1.54) is 23.5 Å². The predicted octanol–water partition coefficient (Wildman–Crippen LogP) is 4.15. The number of likely N-dealkylation sites (tertiary alicyclic amines) is 1. The van der Waals surface area contributed by atoms with Crippen molar-refractivity contribution in [3.05, 3.63) is 58.0 Å². The molecule has 2 heterocycles. The number of nitrogens with one attached hydrogen (secondary N) is 1. The number of rotatable bonds is 4. The summed E-state index contributed by atoms with van der Waals surface area (Å²) in [4.78, 5) is 28.4. The van der Waals surface area contributed by atoms with Gasteiger partial charge in [-0.15, -0.1) is 11.3 Å². The SMILES string of the molecule is CC(C)(C)CC(=O)NC1C(c2cccs2)N(C(=O)c2ccccc2F)CCC1(C)O. The lowest BCUT2D eigenvalue weighted by Crippen LogP contribution is -2.63. The van der Waals surface area contributed by atoms with Crippen molar-refractivity contribution in [3.8, 4) is 0 Å². The molecule has 1 fully saturated rings. The average molecular weight is 433 g/mol. The molecular weight excluding hydrogens is 403 g/mol. The number of hydrogen-bond acceptors (Lipinski definition) is 4. The standard InChI is InChI=1S/C23H29FN2O3S/c1-22(2,3)14-18(27)25-20-19(17-10-7-13-30-17)26(12-11-23(20,4)29)21(28)15-8-5-6-9-16(15)24/h5-10,13,19-20,29H,11-12,14H2,1-4H3,(H,25,27). The van der Waals surface area contributed by atoms with Crippen LogP contribution in [0.2, 0.25) is 0 Å². The molecule has 3 atom stereocenters. The highest BCUT2D eigenvalue weighted by atomic mass is 32.1. The predicted molar refractivity (Wildman–Crippen MR) is 116 cm³/mol. The van der Waals surface area contributed by atoms with E-state index in [0.29, 0.717) is 0 Å². The van der Waals surface area contributed by atoms with Crippen LogP contribution in [0.3, 0.4) is 0 Å². The third-order valence-corrected chi connectivity index (χ3v) is 6.33. The molecule has 0 radical (unpaired) electrons. The maximum absolute atomic E-state index is 14.3. The summed E-state index contributed by atoms with van der Waals surface area (Å²) < 4.78 is 14.3. The van der Waals surface area contributed by atoms with Crippen LogP contribution in [0.1, 0.15) is 61.8 Å². The molecule has 1 aromatic heterocycles. The van der Waals surface area contributed by atoms with Crippen molar-refractivity contribution < 1.29 is 19.1 Å². The summed E-state index contributed by atoms with van der Waals surface area (Å²) in [5.41, 5.74) is -1.44. The van der Waals surface area contributed by atoms with Gasteiger partial charge in [-0.25, -0.2) is 4.39 Å². The van der Waals surface area contributed by atoms with Crippen LogP contribution in [-0.2, 0) is 4.79 Å². The van der Waals surface area contributed by atoms with Crippen LogP contribution >= 0.6 is 11.3 Å². The van der Waals surface area contributed by atoms with Gasteiger partial charge in [0.2, 0.25) is 5.91 Å². The number of amides is 2. The van der Waals surface area contributed by atoms with Crippen LogP contribution < -0.4 is 5.32 Å². The molecule has 1 saturated heterocycles. The Morgan fingerprint density at radius 2 is 1.97 bits per heavy atom. The molecule has 0 saturated carbocycles. The zero-order valence-electron chi connectivity index (χ0n) is 17.8. The molecule has 7 heteroatoms. The summed E-state index contributed by atoms with van der Waals surface area (Å²) in [5, 5.41) is 16.0. The van der Waals surface area contributed by atoms with Crippen molar-refractivity contribution in [2.45, 2.75) is 58.2 Å². The van der Waals surface area contributed by atoms with Crippen molar-refractivity contribution in [1.82, 2.24) is 10.2 Å². The summed E-state index contributed by atoms with van der Waals surface area (Å²) in [6.45, 7) is 7.85. The maximum Gasteiger partial charge on any atom is 0.257 e. The molecule has 1 aliphatic rings. The van der Waals surface area contributed by atoms with Gasteiger partial charge in [0, 0.05) is 17.8 Å². The number of halogens is 1. The number of benzene rings is 1. The molecule has 5 nitrogen and oxygen atoms in total. The Kier molecular flexibility index (Phi) is 6.34. The number of hydrogen-bond donors (Lipinski definition) is 2. The fourth-order valence-corrected chi connectivity index (χ4v) is 4.77. The zero-order chi connectivity index (χ0) is 22.1. The van der Waals surface area contributed by atoms with Crippen LogP contribution in [0.5, 0.6) is 0 Å². The highest BCUT2D eigenvalue weighted by Crippen LogP contribution is 2.40. The maximum atomic E-state index is 14.3.